The van der Waals surface area contributed by atoms with Crippen molar-refractivity contribution in [2.45, 2.75) is 20.8 Å². The van der Waals surface area contributed by atoms with Gasteiger partial charge in [-0.3, -0.25) is 10.1 Å². The minimum atomic E-state index is -0.875. The Kier molecular flexibility index (Phi) is 8.89. The number of hydrogen-bond acceptors (Lipinski definition) is 4. The number of benzene rings is 3. The highest BCUT2D eigenvalue weighted by Gasteiger charge is 2.00. The Balaban J connectivity index is 0.000000212. The van der Waals surface area contributed by atoms with E-state index >= 15 is 0 Å². The molecular formula is C22H23NO5. The molecule has 0 radical (unpaired) electrons. The standard InChI is InChI=1S/C8H8O2.C7H7NO2.C7H8O/c2*1-6-2-4-7(5-3-6)8(9)10;1-6-2-4-7(8)5-3-6/h2-5H,1H3,(H,9,10);2-5H,1H3;2-5,8H,1H3. The number of hydrogen-bond donors (Lipinski definition) is 2. The van der Waals surface area contributed by atoms with Crippen LogP contribution in [0.15, 0.2) is 72.8 Å². The molecule has 0 fully saturated rings. The second-order valence-corrected chi connectivity index (χ2v) is 6.10. The number of aryl methyl sites for hydroxylation is 3. The summed E-state index contributed by atoms with van der Waals surface area (Å²) >= 11 is 0. The molecule has 3 rings (SSSR count). The number of carboxylic acids is 1. The lowest BCUT2D eigenvalue weighted by atomic mass is 10.2. The smallest absolute Gasteiger partial charge is 0.335 e. The minimum absolute atomic E-state index is 0.144. The molecule has 6 nitrogen and oxygen atoms in total. The molecule has 0 atom stereocenters. The van der Waals surface area contributed by atoms with Crippen molar-refractivity contribution in [1.82, 2.24) is 0 Å². The number of nitrogens with zero attached hydrogens (tertiary/aromatic N) is 1. The van der Waals surface area contributed by atoms with Crippen molar-refractivity contribution in [2.75, 3.05) is 0 Å². The van der Waals surface area contributed by atoms with Gasteiger partial charge in [-0.2, -0.15) is 0 Å². The van der Waals surface area contributed by atoms with Gasteiger partial charge in [0.2, 0.25) is 0 Å². The quantitative estimate of drug-likeness (QED) is 0.463. The normalized spacial score (nSPS) is 9.25. The summed E-state index contributed by atoms with van der Waals surface area (Å²) < 4.78 is 0. The third-order valence-corrected chi connectivity index (χ3v) is 3.58. The summed E-state index contributed by atoms with van der Waals surface area (Å²) in [7, 11) is 0. The largest absolute Gasteiger partial charge is 0.508 e. The van der Waals surface area contributed by atoms with Gasteiger partial charge in [0.05, 0.1) is 10.5 Å². The maximum Gasteiger partial charge on any atom is 0.335 e. The first-order chi connectivity index (χ1) is 13.2. The Labute approximate surface area is 163 Å². The van der Waals surface area contributed by atoms with Gasteiger partial charge >= 0.3 is 5.97 Å². The molecule has 0 aliphatic carbocycles. The number of nitro groups is 1. The van der Waals surface area contributed by atoms with E-state index in [-0.39, 0.29) is 5.69 Å². The van der Waals surface area contributed by atoms with Gasteiger partial charge in [0.1, 0.15) is 5.75 Å². The van der Waals surface area contributed by atoms with Gasteiger partial charge in [0.15, 0.2) is 0 Å². The van der Waals surface area contributed by atoms with Crippen molar-refractivity contribution >= 4 is 11.7 Å². The number of nitro benzene ring substituents is 1. The van der Waals surface area contributed by atoms with Crippen LogP contribution in [0.3, 0.4) is 0 Å². The Morgan fingerprint density at radius 1 is 0.750 bits per heavy atom. The molecule has 0 spiro atoms. The highest BCUT2D eigenvalue weighted by Crippen LogP contribution is 2.10. The molecule has 0 heterocycles. The van der Waals surface area contributed by atoms with Gasteiger partial charge in [-0.05, 0) is 45.0 Å². The number of non-ortho nitro benzene ring substituents is 1. The van der Waals surface area contributed by atoms with Crippen LogP contribution in [0.1, 0.15) is 27.0 Å². The molecule has 28 heavy (non-hydrogen) atoms. The maximum absolute atomic E-state index is 10.3. The van der Waals surface area contributed by atoms with E-state index in [1.807, 2.05) is 32.9 Å². The number of aromatic hydroxyl groups is 1. The summed E-state index contributed by atoms with van der Waals surface area (Å²) in [5.41, 5.74) is 3.76. The fourth-order valence-electron chi connectivity index (χ4n) is 1.91. The fourth-order valence-corrected chi connectivity index (χ4v) is 1.91. The zero-order valence-electron chi connectivity index (χ0n) is 16.0. The van der Waals surface area contributed by atoms with Crippen LogP contribution < -0.4 is 0 Å². The lowest BCUT2D eigenvalue weighted by Crippen LogP contribution is -1.94. The molecular weight excluding hydrogens is 358 g/mol. The molecule has 0 amide bonds. The molecule has 3 aromatic rings. The van der Waals surface area contributed by atoms with Crippen LogP contribution in [0.5, 0.6) is 5.75 Å². The van der Waals surface area contributed by atoms with E-state index in [1.165, 1.54) is 17.7 Å². The second-order valence-electron chi connectivity index (χ2n) is 6.10. The Morgan fingerprint density at radius 3 is 1.43 bits per heavy atom. The highest BCUT2D eigenvalue weighted by atomic mass is 16.6. The Hall–Kier alpha value is -3.67. The van der Waals surface area contributed by atoms with Crippen LogP contribution in [0.2, 0.25) is 0 Å². The van der Waals surface area contributed by atoms with Gasteiger partial charge in [0, 0.05) is 12.1 Å². The van der Waals surface area contributed by atoms with Crippen LogP contribution in [0.4, 0.5) is 5.69 Å². The summed E-state index contributed by atoms with van der Waals surface area (Å²) in [6, 6.07) is 20.3. The summed E-state index contributed by atoms with van der Waals surface area (Å²) in [6.07, 6.45) is 0. The van der Waals surface area contributed by atoms with Crippen LogP contribution >= 0.6 is 0 Å². The Morgan fingerprint density at radius 2 is 1.11 bits per heavy atom. The number of carboxylic acid groups (broad SMARTS) is 1. The molecule has 0 saturated carbocycles. The molecule has 0 saturated heterocycles. The number of aromatic carboxylic acids is 1. The number of rotatable bonds is 2. The van der Waals surface area contributed by atoms with Crippen molar-refractivity contribution < 1.29 is 19.9 Å². The summed E-state index contributed by atoms with van der Waals surface area (Å²) in [5, 5.41) is 27.4. The molecule has 0 bridgehead atoms. The predicted octanol–water partition coefficient (Wildman–Crippen LogP) is 5.30. The highest BCUT2D eigenvalue weighted by molar-refractivity contribution is 5.87. The first-order valence-electron chi connectivity index (χ1n) is 8.45. The van der Waals surface area contributed by atoms with Gasteiger partial charge in [0.25, 0.3) is 5.69 Å². The zero-order chi connectivity index (χ0) is 21.1. The molecule has 0 aliphatic rings. The second kappa shape index (κ2) is 11.1. The van der Waals surface area contributed by atoms with Gasteiger partial charge in [-0.25, -0.2) is 4.79 Å². The zero-order valence-corrected chi connectivity index (χ0v) is 16.0. The van der Waals surface area contributed by atoms with E-state index in [0.29, 0.717) is 11.3 Å². The molecule has 146 valence electrons. The van der Waals surface area contributed by atoms with Gasteiger partial charge in [-0.1, -0.05) is 53.1 Å². The number of carbonyl (C=O) groups is 1. The van der Waals surface area contributed by atoms with E-state index in [0.717, 1.165) is 11.1 Å². The summed E-state index contributed by atoms with van der Waals surface area (Å²) in [6.45, 7) is 5.80. The average Bonchev–Trinajstić information content (AvgIpc) is 2.66. The van der Waals surface area contributed by atoms with Crippen LogP contribution in [0, 0.1) is 30.9 Å². The van der Waals surface area contributed by atoms with Crippen LogP contribution in [0.25, 0.3) is 0 Å². The van der Waals surface area contributed by atoms with Crippen molar-refractivity contribution in [1.29, 1.82) is 0 Å². The third kappa shape index (κ3) is 8.62. The SMILES string of the molecule is Cc1ccc(C(=O)O)cc1.Cc1ccc(O)cc1.Cc1ccc([N+](=O)[O-])cc1. The molecule has 0 aromatic heterocycles. The van der Waals surface area contributed by atoms with Crippen LogP contribution in [-0.2, 0) is 0 Å². The molecule has 3 aromatic carbocycles. The average molecular weight is 381 g/mol. The number of phenols is 1. The molecule has 6 heteroatoms. The number of phenolic OH excluding ortho intramolecular Hbond substituents is 1. The lowest BCUT2D eigenvalue weighted by Gasteiger charge is -1.92. The fraction of sp³-hybridized carbons (Fsp3) is 0.136. The predicted molar refractivity (Wildman–Crippen MR) is 109 cm³/mol. The topological polar surface area (TPSA) is 101 Å². The van der Waals surface area contributed by atoms with E-state index in [2.05, 4.69) is 0 Å². The van der Waals surface area contributed by atoms with Gasteiger partial charge in [-0.15, -0.1) is 0 Å². The monoisotopic (exact) mass is 381 g/mol. The minimum Gasteiger partial charge on any atom is -0.508 e. The summed E-state index contributed by atoms with van der Waals surface area (Å²) in [5.74, 6) is -0.546. The van der Waals surface area contributed by atoms with Crippen molar-refractivity contribution in [3.05, 3.63) is 105 Å². The van der Waals surface area contributed by atoms with E-state index in [9.17, 15) is 14.9 Å². The lowest BCUT2D eigenvalue weighted by molar-refractivity contribution is -0.384. The van der Waals surface area contributed by atoms with Gasteiger partial charge < -0.3 is 10.2 Å². The molecule has 0 unspecified atom stereocenters. The summed E-state index contributed by atoms with van der Waals surface area (Å²) in [4.78, 5) is 20.0. The first kappa shape index (κ1) is 22.4. The van der Waals surface area contributed by atoms with Crippen LogP contribution in [-0.4, -0.2) is 21.1 Å². The third-order valence-electron chi connectivity index (χ3n) is 3.58. The molecule has 0 aliphatic heterocycles. The first-order valence-corrected chi connectivity index (χ1v) is 8.45. The molecule has 2 N–H and O–H groups in total. The van der Waals surface area contributed by atoms with Crippen molar-refractivity contribution in [2.24, 2.45) is 0 Å². The maximum atomic E-state index is 10.3. The van der Waals surface area contributed by atoms with E-state index in [1.54, 1.807) is 48.5 Å². The Bertz CT molecular complexity index is 809. The van der Waals surface area contributed by atoms with Crippen molar-refractivity contribution in [3.8, 4) is 5.75 Å². The van der Waals surface area contributed by atoms with E-state index < -0.39 is 10.9 Å². The van der Waals surface area contributed by atoms with Crippen molar-refractivity contribution in [3.63, 3.8) is 0 Å². The van der Waals surface area contributed by atoms with E-state index in [4.69, 9.17) is 10.2 Å².